The van der Waals surface area contributed by atoms with Crippen LogP contribution >= 0.6 is 0 Å². The third-order valence-electron chi connectivity index (χ3n) is 4.36. The number of piperidine rings is 1. The van der Waals surface area contributed by atoms with E-state index in [1.54, 1.807) is 6.20 Å². The van der Waals surface area contributed by atoms with E-state index in [2.05, 4.69) is 22.9 Å². The molecule has 2 aliphatic rings. The molecule has 2 unspecified atom stereocenters. The number of hydrogen-bond acceptors (Lipinski definition) is 5. The summed E-state index contributed by atoms with van der Waals surface area (Å²) < 4.78 is 11.6. The lowest BCUT2D eigenvalue weighted by Crippen LogP contribution is -2.39. The van der Waals surface area contributed by atoms with Gasteiger partial charge in [0.2, 0.25) is 0 Å². The maximum absolute atomic E-state index is 5.95. The summed E-state index contributed by atoms with van der Waals surface area (Å²) >= 11 is 0. The monoisotopic (exact) mass is 291 g/mol. The van der Waals surface area contributed by atoms with E-state index in [-0.39, 0.29) is 6.10 Å². The Labute approximate surface area is 126 Å². The van der Waals surface area contributed by atoms with Crippen molar-refractivity contribution in [2.24, 2.45) is 5.73 Å². The minimum Gasteiger partial charge on any atom is -0.489 e. The van der Waals surface area contributed by atoms with Crippen molar-refractivity contribution < 1.29 is 9.47 Å². The number of ether oxygens (including phenoxy) is 2. The van der Waals surface area contributed by atoms with E-state index in [1.807, 2.05) is 6.20 Å². The van der Waals surface area contributed by atoms with E-state index in [4.69, 9.17) is 15.2 Å². The van der Waals surface area contributed by atoms with Gasteiger partial charge < -0.3 is 20.1 Å². The molecule has 5 nitrogen and oxygen atoms in total. The standard InChI is InChI=1S/C16H25N3O2/c1-12-2-3-15(21-12)11-20-16-8-14(9-18-10-16)19-6-4-13(17)5-7-19/h8-10,12-13,15H,2-7,11,17H2,1H3. The molecule has 0 radical (unpaired) electrons. The van der Waals surface area contributed by atoms with Crippen molar-refractivity contribution >= 4 is 5.69 Å². The molecule has 0 aliphatic carbocycles. The van der Waals surface area contributed by atoms with Crippen LogP contribution in [0.3, 0.4) is 0 Å². The van der Waals surface area contributed by atoms with E-state index < -0.39 is 0 Å². The lowest BCUT2D eigenvalue weighted by atomic mass is 10.1. The fraction of sp³-hybridized carbons (Fsp3) is 0.688. The lowest BCUT2D eigenvalue weighted by molar-refractivity contribution is 0.0264. The molecule has 0 bridgehead atoms. The molecule has 2 atom stereocenters. The van der Waals surface area contributed by atoms with Crippen LogP contribution in [-0.2, 0) is 4.74 Å². The van der Waals surface area contributed by atoms with Crippen LogP contribution < -0.4 is 15.4 Å². The summed E-state index contributed by atoms with van der Waals surface area (Å²) in [5, 5.41) is 0. The van der Waals surface area contributed by atoms with E-state index in [0.29, 0.717) is 18.8 Å². The van der Waals surface area contributed by atoms with E-state index in [0.717, 1.165) is 50.2 Å². The van der Waals surface area contributed by atoms with Crippen LogP contribution in [0.2, 0.25) is 0 Å². The molecule has 0 amide bonds. The fourth-order valence-electron chi connectivity index (χ4n) is 3.01. The minimum absolute atomic E-state index is 0.219. The number of rotatable bonds is 4. The summed E-state index contributed by atoms with van der Waals surface area (Å²) in [6, 6.07) is 2.41. The van der Waals surface area contributed by atoms with E-state index in [1.165, 1.54) is 0 Å². The third kappa shape index (κ3) is 3.86. The van der Waals surface area contributed by atoms with E-state index in [9.17, 15) is 0 Å². The first-order chi connectivity index (χ1) is 10.2. The van der Waals surface area contributed by atoms with Crippen LogP contribution in [-0.4, -0.2) is 42.9 Å². The molecule has 2 fully saturated rings. The van der Waals surface area contributed by atoms with Crippen LogP contribution in [0, 0.1) is 0 Å². The first kappa shape index (κ1) is 14.6. The molecule has 116 valence electrons. The largest absolute Gasteiger partial charge is 0.489 e. The number of nitrogens with two attached hydrogens (primary N) is 1. The molecule has 2 aliphatic heterocycles. The van der Waals surface area contributed by atoms with Crippen molar-refractivity contribution in [2.75, 3.05) is 24.6 Å². The van der Waals surface area contributed by atoms with Gasteiger partial charge in [-0.15, -0.1) is 0 Å². The normalized spacial score (nSPS) is 27.0. The first-order valence-electron chi connectivity index (χ1n) is 7.94. The van der Waals surface area contributed by atoms with Crippen molar-refractivity contribution in [3.63, 3.8) is 0 Å². The molecule has 3 heterocycles. The predicted molar refractivity (Wildman–Crippen MR) is 82.7 cm³/mol. The second-order valence-electron chi connectivity index (χ2n) is 6.16. The summed E-state index contributed by atoms with van der Waals surface area (Å²) in [7, 11) is 0. The van der Waals surface area contributed by atoms with Crippen LogP contribution in [0.25, 0.3) is 0 Å². The molecule has 1 aromatic rings. The maximum atomic E-state index is 5.95. The topological polar surface area (TPSA) is 60.6 Å². The van der Waals surface area contributed by atoms with Gasteiger partial charge in [0, 0.05) is 25.2 Å². The molecule has 21 heavy (non-hydrogen) atoms. The summed E-state index contributed by atoms with van der Waals surface area (Å²) in [5.41, 5.74) is 7.08. The van der Waals surface area contributed by atoms with Crippen molar-refractivity contribution in [3.8, 4) is 5.75 Å². The zero-order valence-electron chi connectivity index (χ0n) is 12.7. The van der Waals surface area contributed by atoms with Crippen molar-refractivity contribution in [3.05, 3.63) is 18.5 Å². The molecule has 2 N–H and O–H groups in total. The van der Waals surface area contributed by atoms with Crippen LogP contribution in [0.5, 0.6) is 5.75 Å². The fourth-order valence-corrected chi connectivity index (χ4v) is 3.01. The van der Waals surface area contributed by atoms with Crippen LogP contribution in [0.4, 0.5) is 5.69 Å². The summed E-state index contributed by atoms with van der Waals surface area (Å²) in [6.45, 7) is 4.72. The molecule has 5 heteroatoms. The zero-order valence-corrected chi connectivity index (χ0v) is 12.7. The molecule has 0 saturated carbocycles. The molecule has 0 spiro atoms. The number of hydrogen-bond donors (Lipinski definition) is 1. The molecular weight excluding hydrogens is 266 g/mol. The van der Waals surface area contributed by atoms with E-state index >= 15 is 0 Å². The predicted octanol–water partition coefficient (Wildman–Crippen LogP) is 1.96. The highest BCUT2D eigenvalue weighted by Crippen LogP contribution is 2.24. The number of anilines is 1. The first-order valence-corrected chi connectivity index (χ1v) is 7.94. The average Bonchev–Trinajstić information content (AvgIpc) is 2.92. The van der Waals surface area contributed by atoms with Gasteiger partial charge in [0.05, 0.1) is 30.3 Å². The number of pyridine rings is 1. The van der Waals surface area contributed by atoms with Gasteiger partial charge in [0.25, 0.3) is 0 Å². The molecular formula is C16H25N3O2. The highest BCUT2D eigenvalue weighted by Gasteiger charge is 2.22. The van der Waals surface area contributed by atoms with Gasteiger partial charge in [0.1, 0.15) is 12.4 Å². The molecule has 0 aromatic carbocycles. The van der Waals surface area contributed by atoms with Gasteiger partial charge in [-0.25, -0.2) is 0 Å². The SMILES string of the molecule is CC1CCC(COc2cncc(N3CCC(N)CC3)c2)O1. The van der Waals surface area contributed by atoms with Gasteiger partial charge in [0.15, 0.2) is 0 Å². The second-order valence-corrected chi connectivity index (χ2v) is 6.16. The van der Waals surface area contributed by atoms with Crippen molar-refractivity contribution in [2.45, 2.75) is 50.9 Å². The van der Waals surface area contributed by atoms with Gasteiger partial charge in [-0.1, -0.05) is 0 Å². The smallest absolute Gasteiger partial charge is 0.139 e. The maximum Gasteiger partial charge on any atom is 0.139 e. The molecule has 3 rings (SSSR count). The molecule has 1 aromatic heterocycles. The van der Waals surface area contributed by atoms with Gasteiger partial charge in [-0.2, -0.15) is 0 Å². The molecule has 2 saturated heterocycles. The number of aromatic nitrogens is 1. The summed E-state index contributed by atoms with van der Waals surface area (Å²) in [6.07, 6.45) is 8.54. The Kier molecular flexibility index (Phi) is 4.60. The average molecular weight is 291 g/mol. The highest BCUT2D eigenvalue weighted by molar-refractivity contribution is 5.48. The Morgan fingerprint density at radius 2 is 2.10 bits per heavy atom. The summed E-state index contributed by atoms with van der Waals surface area (Å²) in [5.74, 6) is 0.825. The van der Waals surface area contributed by atoms with Gasteiger partial charge in [-0.05, 0) is 32.6 Å². The summed E-state index contributed by atoms with van der Waals surface area (Å²) in [4.78, 5) is 6.63. The van der Waals surface area contributed by atoms with Crippen LogP contribution in [0.15, 0.2) is 18.5 Å². The number of nitrogens with zero attached hydrogens (tertiary/aromatic N) is 2. The van der Waals surface area contributed by atoms with Crippen molar-refractivity contribution in [1.82, 2.24) is 4.98 Å². The Bertz CT molecular complexity index is 461. The Hall–Kier alpha value is -1.33. The quantitative estimate of drug-likeness (QED) is 0.919. The zero-order chi connectivity index (χ0) is 14.7. The lowest BCUT2D eigenvalue weighted by Gasteiger charge is -2.31. The van der Waals surface area contributed by atoms with Gasteiger partial charge in [-0.3, -0.25) is 4.98 Å². The van der Waals surface area contributed by atoms with Crippen LogP contribution in [0.1, 0.15) is 32.6 Å². The minimum atomic E-state index is 0.219. The second kappa shape index (κ2) is 6.62. The third-order valence-corrected chi connectivity index (χ3v) is 4.36. The van der Waals surface area contributed by atoms with Crippen molar-refractivity contribution in [1.29, 1.82) is 0 Å². The Morgan fingerprint density at radius 1 is 1.29 bits per heavy atom. The Morgan fingerprint density at radius 3 is 2.81 bits per heavy atom. The Balaban J connectivity index is 1.55. The van der Waals surface area contributed by atoms with Gasteiger partial charge >= 0.3 is 0 Å². The highest BCUT2D eigenvalue weighted by atomic mass is 16.5.